The van der Waals surface area contributed by atoms with Crippen molar-refractivity contribution < 1.29 is 19.1 Å². The minimum Gasteiger partial charge on any atom is -0.448 e. The Kier molecular flexibility index (Phi) is 4.96. The molecule has 3 amide bonds. The third kappa shape index (κ3) is 3.68. The van der Waals surface area contributed by atoms with Gasteiger partial charge in [0.05, 0.1) is 12.2 Å². The first-order chi connectivity index (χ1) is 13.6. The maximum atomic E-state index is 12.8. The molecule has 4 rings (SSSR count). The van der Waals surface area contributed by atoms with Crippen LogP contribution in [0.25, 0.3) is 5.69 Å². The highest BCUT2D eigenvalue weighted by molar-refractivity contribution is 5.98. The zero-order chi connectivity index (χ0) is 19.5. The molecule has 9 nitrogen and oxygen atoms in total. The Morgan fingerprint density at radius 3 is 2.89 bits per heavy atom. The highest BCUT2D eigenvalue weighted by Crippen LogP contribution is 2.21. The van der Waals surface area contributed by atoms with E-state index >= 15 is 0 Å². The summed E-state index contributed by atoms with van der Waals surface area (Å²) in [5.74, 6) is -0.464. The Balaban J connectivity index is 1.42. The highest BCUT2D eigenvalue weighted by atomic mass is 16.6. The number of cyclic esters (lactones) is 1. The predicted molar refractivity (Wildman–Crippen MR) is 99.8 cm³/mol. The Hall–Kier alpha value is -3.36. The van der Waals surface area contributed by atoms with Crippen molar-refractivity contribution in [3.05, 3.63) is 42.7 Å². The minimum absolute atomic E-state index is 0.0581. The lowest BCUT2D eigenvalue weighted by atomic mass is 10.2. The van der Waals surface area contributed by atoms with Gasteiger partial charge in [-0.1, -0.05) is 6.07 Å². The summed E-state index contributed by atoms with van der Waals surface area (Å²) in [5.41, 5.74) is 1.47. The maximum Gasteiger partial charge on any atom is 0.410 e. The molecule has 1 aromatic carbocycles. The van der Waals surface area contributed by atoms with Gasteiger partial charge in [-0.2, -0.15) is 5.10 Å². The van der Waals surface area contributed by atoms with Crippen LogP contribution in [0.1, 0.15) is 12.8 Å². The number of nitrogens with one attached hydrogen (secondary N) is 1. The van der Waals surface area contributed by atoms with Gasteiger partial charge in [-0.3, -0.25) is 14.5 Å². The Morgan fingerprint density at radius 1 is 1.25 bits per heavy atom. The lowest BCUT2D eigenvalue weighted by molar-refractivity contribution is -0.137. The fourth-order valence-corrected chi connectivity index (χ4v) is 3.53. The molecular weight excluding hydrogens is 362 g/mol. The average molecular weight is 383 g/mol. The van der Waals surface area contributed by atoms with Gasteiger partial charge < -0.3 is 15.0 Å². The van der Waals surface area contributed by atoms with Gasteiger partial charge in [0.1, 0.15) is 19.2 Å². The molecule has 1 atom stereocenters. The SMILES string of the molecule is O=C(Nc1cccc(-n2cccn2)c1)[C@@H]1CCCN1C(=O)CN1CCOC1=O. The van der Waals surface area contributed by atoms with Crippen molar-refractivity contribution in [2.24, 2.45) is 0 Å². The lowest BCUT2D eigenvalue weighted by Crippen LogP contribution is -2.47. The van der Waals surface area contributed by atoms with Crippen LogP contribution in [0.4, 0.5) is 10.5 Å². The number of amides is 3. The first-order valence-corrected chi connectivity index (χ1v) is 9.24. The third-order valence-corrected chi connectivity index (χ3v) is 4.93. The summed E-state index contributed by atoms with van der Waals surface area (Å²) in [6.45, 7) is 1.14. The van der Waals surface area contributed by atoms with Gasteiger partial charge in [0.25, 0.3) is 0 Å². The van der Waals surface area contributed by atoms with Crippen molar-refractivity contribution in [2.45, 2.75) is 18.9 Å². The molecule has 2 fully saturated rings. The Bertz CT molecular complexity index is 882. The van der Waals surface area contributed by atoms with Crippen LogP contribution in [-0.2, 0) is 14.3 Å². The summed E-state index contributed by atoms with van der Waals surface area (Å²) in [4.78, 5) is 39.9. The van der Waals surface area contributed by atoms with Crippen LogP contribution >= 0.6 is 0 Å². The van der Waals surface area contributed by atoms with E-state index < -0.39 is 12.1 Å². The smallest absolute Gasteiger partial charge is 0.410 e. The zero-order valence-corrected chi connectivity index (χ0v) is 15.3. The predicted octanol–water partition coefficient (Wildman–Crippen LogP) is 1.25. The number of carbonyl (C=O) groups is 3. The van der Waals surface area contributed by atoms with Crippen molar-refractivity contribution in [1.82, 2.24) is 19.6 Å². The van der Waals surface area contributed by atoms with E-state index in [1.807, 2.05) is 30.5 Å². The van der Waals surface area contributed by atoms with Crippen molar-refractivity contribution in [3.63, 3.8) is 0 Å². The molecule has 0 aliphatic carbocycles. The molecule has 28 heavy (non-hydrogen) atoms. The molecule has 2 aliphatic heterocycles. The van der Waals surface area contributed by atoms with Crippen LogP contribution in [0.3, 0.4) is 0 Å². The molecule has 2 aliphatic rings. The standard InChI is InChI=1S/C19H21N5O4/c25-17(13-22-10-11-28-19(22)27)23-8-2-6-16(23)18(26)21-14-4-1-5-15(12-14)24-9-3-7-20-24/h1,3-5,7,9,12,16H,2,6,8,10-11,13H2,(H,21,26)/t16-/m0/s1. The van der Waals surface area contributed by atoms with E-state index in [2.05, 4.69) is 10.4 Å². The number of hydrogen-bond donors (Lipinski definition) is 1. The number of nitrogens with zero attached hydrogens (tertiary/aromatic N) is 4. The van der Waals surface area contributed by atoms with Crippen molar-refractivity contribution in [2.75, 3.05) is 31.6 Å². The van der Waals surface area contributed by atoms with Crippen LogP contribution in [0.2, 0.25) is 0 Å². The quantitative estimate of drug-likeness (QED) is 0.838. The molecule has 9 heteroatoms. The number of ether oxygens (including phenoxy) is 1. The molecular formula is C19H21N5O4. The second-order valence-corrected chi connectivity index (χ2v) is 6.77. The second-order valence-electron chi connectivity index (χ2n) is 6.77. The molecule has 2 aromatic rings. The van der Waals surface area contributed by atoms with Crippen LogP contribution in [0.5, 0.6) is 0 Å². The van der Waals surface area contributed by atoms with Crippen LogP contribution < -0.4 is 5.32 Å². The molecule has 3 heterocycles. The van der Waals surface area contributed by atoms with E-state index in [0.717, 1.165) is 12.1 Å². The van der Waals surface area contributed by atoms with Gasteiger partial charge in [0, 0.05) is 24.6 Å². The number of likely N-dealkylation sites (tertiary alicyclic amines) is 1. The lowest BCUT2D eigenvalue weighted by Gasteiger charge is -2.25. The molecule has 0 radical (unpaired) electrons. The largest absolute Gasteiger partial charge is 0.448 e. The second kappa shape index (κ2) is 7.71. The zero-order valence-electron chi connectivity index (χ0n) is 15.3. The van der Waals surface area contributed by atoms with Crippen molar-refractivity contribution in [3.8, 4) is 5.69 Å². The molecule has 0 saturated carbocycles. The summed E-state index contributed by atoms with van der Waals surface area (Å²) in [6.07, 6.45) is 4.37. The van der Waals surface area contributed by atoms with Gasteiger partial charge in [-0.05, 0) is 37.1 Å². The van der Waals surface area contributed by atoms with E-state index in [1.165, 1.54) is 4.90 Å². The number of hydrogen-bond acceptors (Lipinski definition) is 5. The van der Waals surface area contributed by atoms with E-state index in [4.69, 9.17) is 4.74 Å². The summed E-state index contributed by atoms with van der Waals surface area (Å²) in [5, 5.41) is 7.08. The van der Waals surface area contributed by atoms with Gasteiger partial charge in [0.2, 0.25) is 11.8 Å². The monoisotopic (exact) mass is 383 g/mol. The number of rotatable bonds is 5. The third-order valence-electron chi connectivity index (χ3n) is 4.93. The van der Waals surface area contributed by atoms with E-state index in [9.17, 15) is 14.4 Å². The van der Waals surface area contributed by atoms with Crippen molar-refractivity contribution >= 4 is 23.6 Å². The summed E-state index contributed by atoms with van der Waals surface area (Å²) < 4.78 is 6.56. The average Bonchev–Trinajstić information content (AvgIpc) is 3.44. The molecule has 1 N–H and O–H groups in total. The fourth-order valence-electron chi connectivity index (χ4n) is 3.53. The van der Waals surface area contributed by atoms with Gasteiger partial charge in [0.15, 0.2) is 0 Å². The summed E-state index contributed by atoms with van der Waals surface area (Å²) in [6, 6.07) is 8.63. The molecule has 146 valence electrons. The molecule has 2 saturated heterocycles. The van der Waals surface area contributed by atoms with Gasteiger partial charge >= 0.3 is 6.09 Å². The highest BCUT2D eigenvalue weighted by Gasteiger charge is 2.36. The number of aromatic nitrogens is 2. The van der Waals surface area contributed by atoms with Crippen LogP contribution in [0.15, 0.2) is 42.7 Å². The maximum absolute atomic E-state index is 12.8. The summed E-state index contributed by atoms with van der Waals surface area (Å²) >= 11 is 0. The minimum atomic E-state index is -0.542. The molecule has 0 spiro atoms. The first-order valence-electron chi connectivity index (χ1n) is 9.24. The first kappa shape index (κ1) is 18.0. The Labute approximate surface area is 161 Å². The van der Waals surface area contributed by atoms with E-state index in [1.54, 1.807) is 21.8 Å². The topological polar surface area (TPSA) is 96.8 Å². The number of benzene rings is 1. The Morgan fingerprint density at radius 2 is 2.14 bits per heavy atom. The molecule has 1 aromatic heterocycles. The molecule has 0 unspecified atom stereocenters. The van der Waals surface area contributed by atoms with Crippen LogP contribution in [0, 0.1) is 0 Å². The normalized spacial score (nSPS) is 19.0. The fraction of sp³-hybridized carbons (Fsp3) is 0.368. The van der Waals surface area contributed by atoms with E-state index in [0.29, 0.717) is 31.8 Å². The van der Waals surface area contributed by atoms with Gasteiger partial charge in [-0.15, -0.1) is 0 Å². The number of anilines is 1. The van der Waals surface area contributed by atoms with Crippen LogP contribution in [-0.4, -0.2) is 69.8 Å². The summed E-state index contributed by atoms with van der Waals surface area (Å²) in [7, 11) is 0. The van der Waals surface area contributed by atoms with E-state index in [-0.39, 0.29) is 18.4 Å². The van der Waals surface area contributed by atoms with Crippen molar-refractivity contribution in [1.29, 1.82) is 0 Å². The molecule has 0 bridgehead atoms. The number of carbonyl (C=O) groups excluding carboxylic acids is 3. The van der Waals surface area contributed by atoms with Gasteiger partial charge in [-0.25, -0.2) is 9.48 Å².